The van der Waals surface area contributed by atoms with Crippen molar-refractivity contribution in [1.82, 2.24) is 0 Å². The van der Waals surface area contributed by atoms with Crippen LogP contribution in [0.25, 0.3) is 6.08 Å². The maximum atomic E-state index is 11.8. The van der Waals surface area contributed by atoms with Crippen molar-refractivity contribution in [2.24, 2.45) is 0 Å². The van der Waals surface area contributed by atoms with Gasteiger partial charge in [0.05, 0.1) is 19.1 Å². The lowest BCUT2D eigenvalue weighted by molar-refractivity contribution is -0.139. The maximum absolute atomic E-state index is 11.8. The highest BCUT2D eigenvalue weighted by Crippen LogP contribution is 2.13. The van der Waals surface area contributed by atoms with Crippen LogP contribution < -0.4 is 0 Å². The van der Waals surface area contributed by atoms with E-state index in [1.807, 2.05) is 20.8 Å². The molecule has 0 aliphatic heterocycles. The minimum absolute atomic E-state index is 0.227. The van der Waals surface area contributed by atoms with Crippen molar-refractivity contribution >= 4 is 18.0 Å². The van der Waals surface area contributed by atoms with Gasteiger partial charge in [-0.1, -0.05) is 24.3 Å². The second kappa shape index (κ2) is 6.89. The van der Waals surface area contributed by atoms with Gasteiger partial charge in [0.2, 0.25) is 0 Å². The first-order valence-electron chi connectivity index (χ1n) is 6.38. The second-order valence-electron chi connectivity index (χ2n) is 5.31. The molecule has 4 heteroatoms. The van der Waals surface area contributed by atoms with Crippen LogP contribution >= 0.6 is 0 Å². The van der Waals surface area contributed by atoms with E-state index in [1.165, 1.54) is 7.11 Å². The van der Waals surface area contributed by atoms with E-state index in [2.05, 4.69) is 4.74 Å². The Morgan fingerprint density at radius 1 is 1.15 bits per heavy atom. The summed E-state index contributed by atoms with van der Waals surface area (Å²) in [6, 6.07) is 7.00. The molecule has 0 heterocycles. The molecule has 1 aromatic rings. The molecule has 0 spiro atoms. The highest BCUT2D eigenvalue weighted by atomic mass is 16.6. The van der Waals surface area contributed by atoms with Crippen molar-refractivity contribution in [3.8, 4) is 0 Å². The number of methoxy groups -OCH3 is 1. The van der Waals surface area contributed by atoms with E-state index in [4.69, 9.17) is 4.74 Å². The van der Waals surface area contributed by atoms with Crippen molar-refractivity contribution in [1.29, 1.82) is 0 Å². The monoisotopic (exact) mass is 276 g/mol. The molecule has 0 aliphatic carbocycles. The zero-order valence-corrected chi connectivity index (χ0v) is 12.3. The normalized spacial score (nSPS) is 11.4. The Labute approximate surface area is 119 Å². The minimum Gasteiger partial charge on any atom is -0.469 e. The molecule has 20 heavy (non-hydrogen) atoms. The number of benzene rings is 1. The zero-order valence-electron chi connectivity index (χ0n) is 12.3. The summed E-state index contributed by atoms with van der Waals surface area (Å²) in [6.07, 6.45) is 3.74. The quantitative estimate of drug-likeness (QED) is 0.792. The van der Waals surface area contributed by atoms with Crippen LogP contribution in [0.15, 0.2) is 30.3 Å². The largest absolute Gasteiger partial charge is 0.469 e. The van der Waals surface area contributed by atoms with Gasteiger partial charge in [0, 0.05) is 0 Å². The van der Waals surface area contributed by atoms with Crippen LogP contribution in [0.2, 0.25) is 0 Å². The topological polar surface area (TPSA) is 52.6 Å². The van der Waals surface area contributed by atoms with Gasteiger partial charge in [-0.25, -0.2) is 4.79 Å². The lowest BCUT2D eigenvalue weighted by atomic mass is 10.1. The molecule has 0 fully saturated rings. The van der Waals surface area contributed by atoms with Crippen molar-refractivity contribution in [3.05, 3.63) is 41.5 Å². The van der Waals surface area contributed by atoms with E-state index in [0.717, 1.165) is 5.56 Å². The Morgan fingerprint density at radius 2 is 1.75 bits per heavy atom. The van der Waals surface area contributed by atoms with Crippen molar-refractivity contribution < 1.29 is 19.1 Å². The van der Waals surface area contributed by atoms with Crippen LogP contribution in [0.4, 0.5) is 0 Å². The van der Waals surface area contributed by atoms with E-state index in [1.54, 1.807) is 36.4 Å². The molecule has 0 N–H and O–H groups in total. The molecule has 108 valence electrons. The van der Waals surface area contributed by atoms with Crippen LogP contribution in [0.1, 0.15) is 43.1 Å². The molecule has 0 atom stereocenters. The van der Waals surface area contributed by atoms with Crippen molar-refractivity contribution in [3.63, 3.8) is 0 Å². The van der Waals surface area contributed by atoms with Crippen LogP contribution in [0.5, 0.6) is 0 Å². The third kappa shape index (κ3) is 5.69. The average Bonchev–Trinajstić information content (AvgIpc) is 2.37. The van der Waals surface area contributed by atoms with Gasteiger partial charge in [-0.05, 0) is 38.5 Å². The number of carbonyl (C=O) groups is 2. The summed E-state index contributed by atoms with van der Waals surface area (Å²) in [7, 11) is 1.35. The summed E-state index contributed by atoms with van der Waals surface area (Å²) in [5.74, 6) is -0.630. The van der Waals surface area contributed by atoms with Gasteiger partial charge in [0.25, 0.3) is 0 Å². The molecule has 0 saturated heterocycles. The lowest BCUT2D eigenvalue weighted by Gasteiger charge is -2.19. The van der Waals surface area contributed by atoms with Crippen molar-refractivity contribution in [2.45, 2.75) is 32.8 Å². The summed E-state index contributed by atoms with van der Waals surface area (Å²) in [5, 5.41) is 0. The summed E-state index contributed by atoms with van der Waals surface area (Å²) in [5.41, 5.74) is 0.905. The van der Waals surface area contributed by atoms with Gasteiger partial charge >= 0.3 is 11.9 Å². The van der Waals surface area contributed by atoms with Gasteiger partial charge < -0.3 is 9.47 Å². The number of hydrogen-bond donors (Lipinski definition) is 0. The molecular formula is C16H20O4. The Morgan fingerprint density at radius 3 is 2.25 bits per heavy atom. The van der Waals surface area contributed by atoms with E-state index in [0.29, 0.717) is 5.56 Å². The molecule has 0 aromatic heterocycles. The SMILES string of the molecule is COC(=O)CC=Cc1ccc(C(=O)OC(C)(C)C)cc1. The Kier molecular flexibility index (Phi) is 5.50. The Hall–Kier alpha value is -2.10. The fourth-order valence-electron chi connectivity index (χ4n) is 1.44. The molecule has 0 amide bonds. The standard InChI is InChI=1S/C16H20O4/c1-16(2,3)20-15(18)13-10-8-12(9-11-13)6-5-7-14(17)19-4/h5-6,8-11H,7H2,1-4H3. The van der Waals surface area contributed by atoms with Gasteiger partial charge in [-0.3, -0.25) is 4.79 Å². The predicted octanol–water partition coefficient (Wildman–Crippen LogP) is 3.22. The smallest absolute Gasteiger partial charge is 0.338 e. The summed E-state index contributed by atoms with van der Waals surface area (Å²) in [6.45, 7) is 5.48. The average molecular weight is 276 g/mol. The number of esters is 2. The van der Waals surface area contributed by atoms with Gasteiger partial charge in [-0.2, -0.15) is 0 Å². The van der Waals surface area contributed by atoms with E-state index in [9.17, 15) is 9.59 Å². The molecule has 0 bridgehead atoms. The number of carbonyl (C=O) groups excluding carboxylic acids is 2. The minimum atomic E-state index is -0.504. The lowest BCUT2D eigenvalue weighted by Crippen LogP contribution is -2.23. The summed E-state index contributed by atoms with van der Waals surface area (Å²) < 4.78 is 9.81. The van der Waals surface area contributed by atoms with Crippen LogP contribution in [0.3, 0.4) is 0 Å². The number of hydrogen-bond acceptors (Lipinski definition) is 4. The first kappa shape index (κ1) is 16.0. The first-order valence-corrected chi connectivity index (χ1v) is 6.38. The van der Waals surface area contributed by atoms with E-state index < -0.39 is 5.60 Å². The molecule has 4 nitrogen and oxygen atoms in total. The molecule has 0 saturated carbocycles. The predicted molar refractivity (Wildman–Crippen MR) is 77.3 cm³/mol. The van der Waals surface area contributed by atoms with Crippen LogP contribution in [-0.4, -0.2) is 24.6 Å². The van der Waals surface area contributed by atoms with Crippen LogP contribution in [0, 0.1) is 0 Å². The van der Waals surface area contributed by atoms with E-state index >= 15 is 0 Å². The zero-order chi connectivity index (χ0) is 15.2. The summed E-state index contributed by atoms with van der Waals surface area (Å²) in [4.78, 5) is 22.8. The highest BCUT2D eigenvalue weighted by Gasteiger charge is 2.17. The van der Waals surface area contributed by atoms with Gasteiger partial charge in [-0.15, -0.1) is 0 Å². The first-order chi connectivity index (χ1) is 9.31. The molecule has 0 radical (unpaired) electrons. The molecular weight excluding hydrogens is 256 g/mol. The Bertz CT molecular complexity index is 492. The summed E-state index contributed by atoms with van der Waals surface area (Å²) >= 11 is 0. The molecule has 1 aromatic carbocycles. The van der Waals surface area contributed by atoms with E-state index in [-0.39, 0.29) is 18.4 Å². The van der Waals surface area contributed by atoms with Gasteiger partial charge in [0.15, 0.2) is 0 Å². The third-order valence-corrected chi connectivity index (χ3v) is 2.37. The molecule has 0 unspecified atom stereocenters. The maximum Gasteiger partial charge on any atom is 0.338 e. The van der Waals surface area contributed by atoms with Gasteiger partial charge in [0.1, 0.15) is 5.60 Å². The molecule has 1 rings (SSSR count). The fourth-order valence-corrected chi connectivity index (χ4v) is 1.44. The fraction of sp³-hybridized carbons (Fsp3) is 0.375. The molecule has 0 aliphatic rings. The highest BCUT2D eigenvalue weighted by molar-refractivity contribution is 5.89. The van der Waals surface area contributed by atoms with Crippen LogP contribution in [-0.2, 0) is 14.3 Å². The third-order valence-electron chi connectivity index (χ3n) is 2.37. The Balaban J connectivity index is 2.65. The number of rotatable bonds is 4. The van der Waals surface area contributed by atoms with Crippen molar-refractivity contribution in [2.75, 3.05) is 7.11 Å². The second-order valence-corrected chi connectivity index (χ2v) is 5.31. The number of ether oxygens (including phenoxy) is 2.